The van der Waals surface area contributed by atoms with Crippen LogP contribution in [0.1, 0.15) is 52.0 Å². The topological polar surface area (TPSA) is 76.3 Å². The Morgan fingerprint density at radius 3 is 2.45 bits per heavy atom. The normalized spacial score (nSPS) is 20.1. The number of thiazole rings is 1. The first-order valence-electron chi connectivity index (χ1n) is 7.12. The molecular formula is C14H19N3O2S. The second-order valence-electron chi connectivity index (χ2n) is 5.71. The summed E-state index contributed by atoms with van der Waals surface area (Å²) in [5, 5.41) is 1.11. The van der Waals surface area contributed by atoms with Gasteiger partial charge < -0.3 is 10.6 Å². The lowest BCUT2D eigenvalue weighted by Crippen LogP contribution is -2.41. The highest BCUT2D eigenvalue weighted by Crippen LogP contribution is 2.42. The smallest absolute Gasteiger partial charge is 0.265 e. The monoisotopic (exact) mass is 293 g/mol. The molecule has 1 aromatic rings. The molecule has 1 aliphatic heterocycles. The zero-order chi connectivity index (χ0) is 14.3. The number of hydrogen-bond donors (Lipinski definition) is 1. The molecule has 0 unspecified atom stereocenters. The molecule has 1 aromatic heterocycles. The Balaban J connectivity index is 1.68. The van der Waals surface area contributed by atoms with Crippen molar-refractivity contribution in [2.45, 2.75) is 38.5 Å². The van der Waals surface area contributed by atoms with Crippen molar-refractivity contribution in [1.29, 1.82) is 0 Å². The third kappa shape index (κ3) is 2.57. The van der Waals surface area contributed by atoms with E-state index in [1.165, 1.54) is 12.8 Å². The molecular weight excluding hydrogens is 274 g/mol. The van der Waals surface area contributed by atoms with E-state index in [0.29, 0.717) is 31.8 Å². The molecule has 0 spiro atoms. The molecule has 2 aliphatic rings. The predicted molar refractivity (Wildman–Crippen MR) is 76.6 cm³/mol. The van der Waals surface area contributed by atoms with Gasteiger partial charge in [-0.25, -0.2) is 4.98 Å². The molecule has 0 atom stereocenters. The van der Waals surface area contributed by atoms with Crippen LogP contribution in [-0.2, 0) is 4.79 Å². The van der Waals surface area contributed by atoms with Gasteiger partial charge >= 0.3 is 0 Å². The number of primary amides is 1. The molecule has 20 heavy (non-hydrogen) atoms. The zero-order valence-electron chi connectivity index (χ0n) is 11.6. The standard InChI is InChI=1S/C14H19N3O2S/c1-8-11(20-13(16-8)10-2-3-10)14(19)17-6-4-9(5-7-17)12(15)18/h9-10H,2-7H2,1H3,(H2,15,18). The minimum atomic E-state index is -0.248. The maximum absolute atomic E-state index is 12.5. The number of aromatic nitrogens is 1. The summed E-state index contributed by atoms with van der Waals surface area (Å²) >= 11 is 1.55. The van der Waals surface area contributed by atoms with Crippen LogP contribution in [0.25, 0.3) is 0 Å². The van der Waals surface area contributed by atoms with E-state index in [1.807, 2.05) is 11.8 Å². The first-order valence-corrected chi connectivity index (χ1v) is 7.94. The average Bonchev–Trinajstić information content (AvgIpc) is 3.21. The highest BCUT2D eigenvalue weighted by Gasteiger charge is 2.31. The molecule has 2 N–H and O–H groups in total. The summed E-state index contributed by atoms with van der Waals surface area (Å²) in [4.78, 5) is 30.8. The maximum Gasteiger partial charge on any atom is 0.265 e. The van der Waals surface area contributed by atoms with Crippen LogP contribution >= 0.6 is 11.3 Å². The van der Waals surface area contributed by atoms with Crippen molar-refractivity contribution in [1.82, 2.24) is 9.88 Å². The van der Waals surface area contributed by atoms with Crippen LogP contribution < -0.4 is 5.73 Å². The molecule has 2 amide bonds. The molecule has 108 valence electrons. The Bertz CT molecular complexity index is 543. The van der Waals surface area contributed by atoms with Crippen LogP contribution in [0.4, 0.5) is 0 Å². The zero-order valence-corrected chi connectivity index (χ0v) is 12.4. The lowest BCUT2D eigenvalue weighted by Gasteiger charge is -2.30. The molecule has 2 heterocycles. The largest absolute Gasteiger partial charge is 0.369 e. The van der Waals surface area contributed by atoms with Gasteiger partial charge in [0.25, 0.3) is 5.91 Å². The Labute approximate surface area is 122 Å². The van der Waals surface area contributed by atoms with E-state index in [0.717, 1.165) is 15.6 Å². The summed E-state index contributed by atoms with van der Waals surface area (Å²) in [6.45, 7) is 3.14. The molecule has 0 bridgehead atoms. The summed E-state index contributed by atoms with van der Waals surface area (Å²) < 4.78 is 0. The number of nitrogens with two attached hydrogens (primary N) is 1. The lowest BCUT2D eigenvalue weighted by atomic mass is 9.96. The number of likely N-dealkylation sites (tertiary alicyclic amines) is 1. The molecule has 1 aliphatic carbocycles. The third-order valence-electron chi connectivity index (χ3n) is 4.12. The highest BCUT2D eigenvalue weighted by atomic mass is 32.1. The predicted octanol–water partition coefficient (Wildman–Crippen LogP) is 1.67. The van der Waals surface area contributed by atoms with E-state index >= 15 is 0 Å². The minimum Gasteiger partial charge on any atom is -0.369 e. The number of rotatable bonds is 3. The summed E-state index contributed by atoms with van der Waals surface area (Å²) in [6, 6.07) is 0. The maximum atomic E-state index is 12.5. The van der Waals surface area contributed by atoms with Gasteiger partial charge in [-0.05, 0) is 32.6 Å². The van der Waals surface area contributed by atoms with E-state index in [2.05, 4.69) is 4.98 Å². The van der Waals surface area contributed by atoms with Crippen LogP contribution in [-0.4, -0.2) is 34.8 Å². The van der Waals surface area contributed by atoms with Gasteiger partial charge in [-0.15, -0.1) is 11.3 Å². The van der Waals surface area contributed by atoms with Gasteiger partial charge in [-0.2, -0.15) is 0 Å². The number of amides is 2. The fraction of sp³-hybridized carbons (Fsp3) is 0.643. The fourth-order valence-corrected chi connectivity index (χ4v) is 3.84. The summed E-state index contributed by atoms with van der Waals surface area (Å²) in [5.41, 5.74) is 6.16. The van der Waals surface area contributed by atoms with E-state index < -0.39 is 0 Å². The molecule has 0 radical (unpaired) electrons. The number of carbonyl (C=O) groups excluding carboxylic acids is 2. The van der Waals surface area contributed by atoms with Crippen molar-refractivity contribution in [3.63, 3.8) is 0 Å². The summed E-state index contributed by atoms with van der Waals surface area (Å²) in [7, 11) is 0. The van der Waals surface area contributed by atoms with Crippen LogP contribution in [0.5, 0.6) is 0 Å². The first kappa shape index (κ1) is 13.5. The van der Waals surface area contributed by atoms with Gasteiger partial charge in [0, 0.05) is 24.9 Å². The van der Waals surface area contributed by atoms with Gasteiger partial charge in [-0.1, -0.05) is 0 Å². The molecule has 1 saturated heterocycles. The van der Waals surface area contributed by atoms with E-state index in [4.69, 9.17) is 5.73 Å². The van der Waals surface area contributed by atoms with Gasteiger partial charge in [0.05, 0.1) is 10.7 Å². The second kappa shape index (κ2) is 5.16. The molecule has 3 rings (SSSR count). The number of piperidine rings is 1. The van der Waals surface area contributed by atoms with Crippen molar-refractivity contribution in [3.8, 4) is 0 Å². The molecule has 6 heteroatoms. The summed E-state index contributed by atoms with van der Waals surface area (Å²) in [6.07, 6.45) is 3.75. The van der Waals surface area contributed by atoms with Crippen LogP contribution in [0.15, 0.2) is 0 Å². The molecule has 2 fully saturated rings. The summed E-state index contributed by atoms with van der Waals surface area (Å²) in [5.74, 6) is 0.321. The van der Waals surface area contributed by atoms with Gasteiger partial charge in [0.2, 0.25) is 5.91 Å². The Hall–Kier alpha value is -1.43. The number of aryl methyl sites for hydroxylation is 1. The Morgan fingerprint density at radius 1 is 1.25 bits per heavy atom. The molecule has 0 aromatic carbocycles. The average molecular weight is 293 g/mol. The van der Waals surface area contributed by atoms with Crippen LogP contribution in [0.2, 0.25) is 0 Å². The highest BCUT2D eigenvalue weighted by molar-refractivity contribution is 7.13. The van der Waals surface area contributed by atoms with Crippen molar-refractivity contribution >= 4 is 23.2 Å². The Kier molecular flexibility index (Phi) is 3.50. The van der Waals surface area contributed by atoms with Crippen molar-refractivity contribution in [2.75, 3.05) is 13.1 Å². The number of nitrogens with zero attached hydrogens (tertiary/aromatic N) is 2. The third-order valence-corrected chi connectivity index (χ3v) is 5.43. The quantitative estimate of drug-likeness (QED) is 0.921. The van der Waals surface area contributed by atoms with Crippen molar-refractivity contribution in [2.24, 2.45) is 11.7 Å². The number of hydrogen-bond acceptors (Lipinski definition) is 4. The van der Waals surface area contributed by atoms with Crippen LogP contribution in [0, 0.1) is 12.8 Å². The van der Waals surface area contributed by atoms with E-state index in [-0.39, 0.29) is 17.7 Å². The minimum absolute atomic E-state index is 0.0646. The second-order valence-corrected chi connectivity index (χ2v) is 6.74. The fourth-order valence-electron chi connectivity index (χ4n) is 2.63. The number of carbonyl (C=O) groups is 2. The molecule has 1 saturated carbocycles. The van der Waals surface area contributed by atoms with Crippen LogP contribution in [0.3, 0.4) is 0 Å². The van der Waals surface area contributed by atoms with Crippen molar-refractivity contribution < 1.29 is 9.59 Å². The van der Waals surface area contributed by atoms with Crippen molar-refractivity contribution in [3.05, 3.63) is 15.6 Å². The lowest BCUT2D eigenvalue weighted by molar-refractivity contribution is -0.123. The SMILES string of the molecule is Cc1nc(C2CC2)sc1C(=O)N1CCC(C(N)=O)CC1. The van der Waals surface area contributed by atoms with E-state index in [9.17, 15) is 9.59 Å². The Morgan fingerprint density at radius 2 is 1.90 bits per heavy atom. The van der Waals surface area contributed by atoms with Gasteiger partial charge in [0.15, 0.2) is 0 Å². The molecule has 5 nitrogen and oxygen atoms in total. The van der Waals surface area contributed by atoms with Gasteiger partial charge in [0.1, 0.15) is 4.88 Å². The first-order chi connectivity index (χ1) is 9.56. The van der Waals surface area contributed by atoms with Gasteiger partial charge in [-0.3, -0.25) is 9.59 Å². The van der Waals surface area contributed by atoms with E-state index in [1.54, 1.807) is 11.3 Å².